The Morgan fingerprint density at radius 2 is 2.06 bits per heavy atom. The lowest BCUT2D eigenvalue weighted by Gasteiger charge is -2.13. The summed E-state index contributed by atoms with van der Waals surface area (Å²) in [6.07, 6.45) is 4.69. The lowest BCUT2D eigenvalue weighted by atomic mass is 10.0. The van der Waals surface area contributed by atoms with Crippen LogP contribution >= 0.6 is 11.3 Å². The van der Waals surface area contributed by atoms with E-state index < -0.39 is 0 Å². The number of aryl methyl sites for hydroxylation is 2. The van der Waals surface area contributed by atoms with E-state index in [-0.39, 0.29) is 0 Å². The predicted octanol–water partition coefficient (Wildman–Crippen LogP) is 3.54. The third-order valence-corrected chi connectivity index (χ3v) is 4.52. The average Bonchev–Trinajstić information content (AvgIpc) is 2.82. The third kappa shape index (κ3) is 2.75. The van der Waals surface area contributed by atoms with Gasteiger partial charge in [0, 0.05) is 17.6 Å². The van der Waals surface area contributed by atoms with Crippen molar-refractivity contribution in [3.05, 3.63) is 22.5 Å². The molecular weight excluding hydrogens is 242 g/mol. The van der Waals surface area contributed by atoms with E-state index in [9.17, 15) is 0 Å². The van der Waals surface area contributed by atoms with Crippen LogP contribution in [0.5, 0.6) is 0 Å². The number of nitrogens with zero attached hydrogens (tertiary/aromatic N) is 2. The number of rotatable bonds is 6. The molecule has 0 spiro atoms. The summed E-state index contributed by atoms with van der Waals surface area (Å²) in [6.45, 7) is 10.8. The minimum Gasteiger partial charge on any atom is -0.311 e. The summed E-state index contributed by atoms with van der Waals surface area (Å²) in [5, 5.41) is 3.58. The average molecular weight is 265 g/mol. The molecule has 0 radical (unpaired) electrons. The number of hydrogen-bond acceptors (Lipinski definition) is 3. The summed E-state index contributed by atoms with van der Waals surface area (Å²) >= 11 is 1.76. The van der Waals surface area contributed by atoms with Crippen molar-refractivity contribution in [3.8, 4) is 0 Å². The molecule has 2 aromatic rings. The van der Waals surface area contributed by atoms with Crippen LogP contribution in [0, 0.1) is 19.8 Å². The predicted molar refractivity (Wildman–Crippen MR) is 78.3 cm³/mol. The van der Waals surface area contributed by atoms with E-state index in [0.717, 1.165) is 29.7 Å². The Kier molecular flexibility index (Phi) is 4.40. The van der Waals surface area contributed by atoms with Crippen molar-refractivity contribution in [1.29, 1.82) is 0 Å². The minimum atomic E-state index is 0.790. The van der Waals surface area contributed by atoms with E-state index in [2.05, 4.69) is 48.6 Å². The highest BCUT2D eigenvalue weighted by atomic mass is 32.1. The van der Waals surface area contributed by atoms with Gasteiger partial charge in [-0.25, -0.2) is 4.98 Å². The van der Waals surface area contributed by atoms with Gasteiger partial charge in [0.25, 0.3) is 0 Å². The smallest absolute Gasteiger partial charge is 0.194 e. The fourth-order valence-corrected chi connectivity index (χ4v) is 3.18. The van der Waals surface area contributed by atoms with Crippen LogP contribution in [-0.2, 0) is 6.54 Å². The van der Waals surface area contributed by atoms with Gasteiger partial charge in [0.05, 0.1) is 11.4 Å². The van der Waals surface area contributed by atoms with Gasteiger partial charge in [0.1, 0.15) is 0 Å². The van der Waals surface area contributed by atoms with Crippen LogP contribution in [0.2, 0.25) is 0 Å². The first-order valence-electron chi connectivity index (χ1n) is 6.80. The molecule has 0 atom stereocenters. The van der Waals surface area contributed by atoms with E-state index in [0.29, 0.717) is 0 Å². The number of imidazole rings is 1. The molecule has 2 heterocycles. The number of nitrogens with one attached hydrogen (secondary N) is 1. The van der Waals surface area contributed by atoms with Gasteiger partial charge >= 0.3 is 0 Å². The Balaban J connectivity index is 2.04. The first kappa shape index (κ1) is 13.6. The quantitative estimate of drug-likeness (QED) is 0.865. The van der Waals surface area contributed by atoms with Crippen LogP contribution in [0.1, 0.15) is 43.0 Å². The Morgan fingerprint density at radius 1 is 1.33 bits per heavy atom. The number of hydrogen-bond donors (Lipinski definition) is 1. The maximum absolute atomic E-state index is 4.61. The zero-order valence-electron chi connectivity index (χ0n) is 11.8. The molecule has 1 N–H and O–H groups in total. The first-order valence-corrected chi connectivity index (χ1v) is 7.62. The topological polar surface area (TPSA) is 29.3 Å². The zero-order chi connectivity index (χ0) is 13.1. The molecule has 4 heteroatoms. The van der Waals surface area contributed by atoms with E-state index in [1.807, 2.05) is 0 Å². The highest BCUT2D eigenvalue weighted by Crippen LogP contribution is 2.20. The van der Waals surface area contributed by atoms with Gasteiger partial charge < -0.3 is 5.32 Å². The molecule has 18 heavy (non-hydrogen) atoms. The number of aromatic nitrogens is 2. The van der Waals surface area contributed by atoms with Crippen molar-refractivity contribution in [1.82, 2.24) is 14.7 Å². The van der Waals surface area contributed by atoms with Crippen molar-refractivity contribution in [3.63, 3.8) is 0 Å². The fourth-order valence-electron chi connectivity index (χ4n) is 2.29. The minimum absolute atomic E-state index is 0.790. The molecule has 0 amide bonds. The van der Waals surface area contributed by atoms with Gasteiger partial charge in [-0.1, -0.05) is 26.7 Å². The van der Waals surface area contributed by atoms with Gasteiger partial charge in [-0.2, -0.15) is 0 Å². The molecule has 100 valence electrons. The first-order chi connectivity index (χ1) is 8.65. The number of thiazole rings is 1. The Morgan fingerprint density at radius 3 is 2.72 bits per heavy atom. The largest absolute Gasteiger partial charge is 0.311 e. The highest BCUT2D eigenvalue weighted by molar-refractivity contribution is 7.17. The van der Waals surface area contributed by atoms with Gasteiger partial charge in [-0.3, -0.25) is 4.40 Å². The van der Waals surface area contributed by atoms with Gasteiger partial charge in [0.2, 0.25) is 0 Å². The van der Waals surface area contributed by atoms with E-state index in [1.54, 1.807) is 11.3 Å². The second kappa shape index (κ2) is 5.85. The molecule has 0 saturated carbocycles. The molecule has 3 nitrogen and oxygen atoms in total. The lowest BCUT2D eigenvalue weighted by Crippen LogP contribution is -2.22. The van der Waals surface area contributed by atoms with Crippen LogP contribution in [-0.4, -0.2) is 15.9 Å². The monoisotopic (exact) mass is 265 g/mol. The van der Waals surface area contributed by atoms with Crippen molar-refractivity contribution < 1.29 is 0 Å². The molecule has 0 aliphatic heterocycles. The molecular formula is C14H23N3S. The van der Waals surface area contributed by atoms with Gasteiger partial charge in [-0.15, -0.1) is 11.3 Å². The van der Waals surface area contributed by atoms with E-state index in [4.69, 9.17) is 0 Å². The SMILES string of the molecule is CCC(CC)CNCc1c(C)nc2sc(C)cn12. The van der Waals surface area contributed by atoms with Crippen LogP contribution in [0.25, 0.3) is 4.96 Å². The van der Waals surface area contributed by atoms with Gasteiger partial charge in [-0.05, 0) is 26.3 Å². The fraction of sp³-hybridized carbons (Fsp3) is 0.643. The maximum Gasteiger partial charge on any atom is 0.194 e. The van der Waals surface area contributed by atoms with Gasteiger partial charge in [0.15, 0.2) is 4.96 Å². The van der Waals surface area contributed by atoms with E-state index >= 15 is 0 Å². The van der Waals surface area contributed by atoms with Crippen molar-refractivity contribution in [2.75, 3.05) is 6.54 Å². The second-order valence-electron chi connectivity index (χ2n) is 4.95. The standard InChI is InChI=1S/C14H23N3S/c1-5-12(6-2)7-15-8-13-11(4)16-14-17(13)9-10(3)18-14/h9,12,15H,5-8H2,1-4H3. The van der Waals surface area contributed by atoms with Crippen molar-refractivity contribution in [2.24, 2.45) is 5.92 Å². The summed E-state index contributed by atoms with van der Waals surface area (Å²) in [6, 6.07) is 0. The molecule has 2 aromatic heterocycles. The maximum atomic E-state index is 4.61. The number of fused-ring (bicyclic) bond motifs is 1. The molecule has 0 aliphatic carbocycles. The van der Waals surface area contributed by atoms with Crippen LogP contribution in [0.4, 0.5) is 0 Å². The Labute approximate surface area is 113 Å². The lowest BCUT2D eigenvalue weighted by molar-refractivity contribution is 0.447. The molecule has 0 fully saturated rings. The molecule has 0 saturated heterocycles. The van der Waals surface area contributed by atoms with Crippen molar-refractivity contribution in [2.45, 2.75) is 47.1 Å². The van der Waals surface area contributed by atoms with Crippen LogP contribution < -0.4 is 5.32 Å². The molecule has 0 unspecified atom stereocenters. The Hall–Kier alpha value is -0.870. The molecule has 0 bridgehead atoms. The normalized spacial score (nSPS) is 11.8. The summed E-state index contributed by atoms with van der Waals surface area (Å²) < 4.78 is 2.23. The highest BCUT2D eigenvalue weighted by Gasteiger charge is 2.11. The Bertz CT molecular complexity index is 508. The molecule has 0 aromatic carbocycles. The van der Waals surface area contributed by atoms with Crippen molar-refractivity contribution >= 4 is 16.3 Å². The second-order valence-corrected chi connectivity index (χ2v) is 6.16. The summed E-state index contributed by atoms with van der Waals surface area (Å²) in [5.41, 5.74) is 2.46. The van der Waals surface area contributed by atoms with Crippen LogP contribution in [0.15, 0.2) is 6.20 Å². The molecule has 0 aliphatic rings. The van der Waals surface area contributed by atoms with E-state index in [1.165, 1.54) is 23.4 Å². The molecule has 2 rings (SSSR count). The summed E-state index contributed by atoms with van der Waals surface area (Å²) in [5.74, 6) is 0.790. The zero-order valence-corrected chi connectivity index (χ0v) is 12.6. The van der Waals surface area contributed by atoms with Crippen LogP contribution in [0.3, 0.4) is 0 Å². The third-order valence-electron chi connectivity index (χ3n) is 3.62. The summed E-state index contributed by atoms with van der Waals surface area (Å²) in [7, 11) is 0. The summed E-state index contributed by atoms with van der Waals surface area (Å²) in [4.78, 5) is 7.05.